The quantitative estimate of drug-likeness (QED) is 0.769. The monoisotopic (exact) mass is 307 g/mol. The first-order valence-electron chi connectivity index (χ1n) is 6.59. The summed E-state index contributed by atoms with van der Waals surface area (Å²) in [7, 11) is -3.65. The number of hydrogen-bond acceptors (Lipinski definition) is 4. The van der Waals surface area contributed by atoms with Crippen LogP contribution in [0.4, 0.5) is 0 Å². The highest BCUT2D eigenvalue weighted by Gasteiger charge is 2.30. The zero-order valence-corrected chi connectivity index (χ0v) is 12.6. The minimum Gasteiger partial charge on any atom is -0.405 e. The molecule has 0 aromatic heterocycles. The second-order valence-electron chi connectivity index (χ2n) is 4.52. The van der Waals surface area contributed by atoms with E-state index >= 15 is 0 Å². The third kappa shape index (κ3) is 4.90. The number of hydrogen-bond donors (Lipinski definition) is 2. The van der Waals surface area contributed by atoms with Crippen LogP contribution >= 0.6 is 7.75 Å². The molecule has 0 fully saturated rings. The fraction of sp³-hybridized carbons (Fsp3) is 0.200. The molecule has 0 aliphatic rings. The Bertz CT molecular complexity index is 546. The first-order valence-corrected chi connectivity index (χ1v) is 8.13. The summed E-state index contributed by atoms with van der Waals surface area (Å²) in [4.78, 5) is 0. The molecule has 112 valence electrons. The Balaban J connectivity index is 2.19. The van der Waals surface area contributed by atoms with Gasteiger partial charge in [0, 0.05) is 6.04 Å². The number of nitrogens with one attached hydrogen (secondary N) is 1. The van der Waals surface area contributed by atoms with Crippen molar-refractivity contribution in [3.05, 3.63) is 60.7 Å². The molecular weight excluding hydrogens is 289 g/mol. The Kier molecular flexibility index (Phi) is 5.39. The van der Waals surface area contributed by atoms with Crippen molar-refractivity contribution in [3.63, 3.8) is 0 Å². The normalized spacial score (nSPS) is 12.7. The molecule has 0 radical (unpaired) electrons. The molecule has 2 rings (SSSR count). The molecule has 5 nitrogen and oxygen atoms in total. The standard InChI is InChI=1S/C15H18NO4P/c1-13(12-17)16-21(18,19-14-8-4-2-5-9-14)20-15-10-6-3-7-11-15/h2-11,13,17H,12H2,1H3,(H,16,18). The molecule has 0 heterocycles. The fourth-order valence-electron chi connectivity index (χ4n) is 1.62. The van der Waals surface area contributed by atoms with Crippen LogP contribution in [-0.4, -0.2) is 17.8 Å². The average Bonchev–Trinajstić information content (AvgIpc) is 2.48. The number of benzene rings is 2. The van der Waals surface area contributed by atoms with Crippen molar-refractivity contribution < 1.29 is 18.7 Å². The van der Waals surface area contributed by atoms with Crippen LogP contribution in [-0.2, 0) is 4.57 Å². The SMILES string of the molecule is CC(CO)NP(=O)(Oc1ccccc1)Oc1ccccc1. The Labute approximate surface area is 124 Å². The summed E-state index contributed by atoms with van der Waals surface area (Å²) < 4.78 is 23.8. The fourth-order valence-corrected chi connectivity index (χ4v) is 3.19. The highest BCUT2D eigenvalue weighted by Crippen LogP contribution is 2.45. The second kappa shape index (κ2) is 7.27. The summed E-state index contributed by atoms with van der Waals surface area (Å²) in [6.07, 6.45) is 0. The van der Waals surface area contributed by atoms with E-state index in [9.17, 15) is 4.57 Å². The number of rotatable bonds is 7. The molecule has 1 unspecified atom stereocenters. The molecule has 0 bridgehead atoms. The summed E-state index contributed by atoms with van der Waals surface area (Å²) in [5.74, 6) is 0.851. The molecule has 2 aromatic carbocycles. The van der Waals surface area contributed by atoms with Crippen molar-refractivity contribution in [2.75, 3.05) is 6.61 Å². The number of aliphatic hydroxyl groups excluding tert-OH is 1. The topological polar surface area (TPSA) is 67.8 Å². The number of aliphatic hydroxyl groups is 1. The molecule has 0 aliphatic carbocycles. The van der Waals surface area contributed by atoms with Gasteiger partial charge in [0.25, 0.3) is 0 Å². The van der Waals surface area contributed by atoms with Crippen molar-refractivity contribution in [2.45, 2.75) is 13.0 Å². The lowest BCUT2D eigenvalue weighted by atomic mass is 10.3. The van der Waals surface area contributed by atoms with E-state index in [2.05, 4.69) is 5.09 Å². The molecule has 6 heteroatoms. The summed E-state index contributed by atoms with van der Waals surface area (Å²) in [5.41, 5.74) is 0. The Hall–Kier alpha value is -1.81. The van der Waals surface area contributed by atoms with Crippen LogP contribution in [0.1, 0.15) is 6.92 Å². The van der Waals surface area contributed by atoms with Crippen molar-refractivity contribution in [2.24, 2.45) is 0 Å². The molecule has 2 aromatic rings. The van der Waals surface area contributed by atoms with Crippen LogP contribution in [0, 0.1) is 0 Å². The average molecular weight is 307 g/mol. The van der Waals surface area contributed by atoms with Gasteiger partial charge in [0.05, 0.1) is 6.61 Å². The Morgan fingerprint density at radius 1 is 1.00 bits per heavy atom. The van der Waals surface area contributed by atoms with Gasteiger partial charge in [-0.05, 0) is 31.2 Å². The van der Waals surface area contributed by atoms with Crippen LogP contribution in [0.5, 0.6) is 11.5 Å². The van der Waals surface area contributed by atoms with Crippen LogP contribution in [0.15, 0.2) is 60.7 Å². The van der Waals surface area contributed by atoms with Gasteiger partial charge in [-0.15, -0.1) is 0 Å². The van der Waals surface area contributed by atoms with Gasteiger partial charge in [0.1, 0.15) is 11.5 Å². The summed E-state index contributed by atoms with van der Waals surface area (Å²) in [6.45, 7) is 1.51. The van der Waals surface area contributed by atoms with Gasteiger partial charge in [-0.1, -0.05) is 36.4 Å². The molecule has 2 N–H and O–H groups in total. The maximum absolute atomic E-state index is 12.9. The van der Waals surface area contributed by atoms with Crippen LogP contribution in [0.2, 0.25) is 0 Å². The van der Waals surface area contributed by atoms with Gasteiger partial charge < -0.3 is 14.2 Å². The molecule has 0 spiro atoms. The van der Waals surface area contributed by atoms with Gasteiger partial charge in [0.2, 0.25) is 0 Å². The van der Waals surface area contributed by atoms with Crippen molar-refractivity contribution in [3.8, 4) is 11.5 Å². The van der Waals surface area contributed by atoms with E-state index in [0.29, 0.717) is 11.5 Å². The minimum absolute atomic E-state index is 0.180. The predicted octanol–water partition coefficient (Wildman–Crippen LogP) is 3.22. The van der Waals surface area contributed by atoms with E-state index in [-0.39, 0.29) is 6.61 Å². The molecule has 0 aliphatic heterocycles. The van der Waals surface area contributed by atoms with Crippen LogP contribution < -0.4 is 14.1 Å². The Morgan fingerprint density at radius 2 is 1.43 bits per heavy atom. The van der Waals surface area contributed by atoms with E-state index in [1.54, 1.807) is 55.5 Å². The highest BCUT2D eigenvalue weighted by molar-refractivity contribution is 7.52. The Morgan fingerprint density at radius 3 is 1.81 bits per heavy atom. The maximum atomic E-state index is 12.9. The van der Waals surface area contributed by atoms with Gasteiger partial charge >= 0.3 is 7.75 Å². The first kappa shape index (κ1) is 15.6. The lowest BCUT2D eigenvalue weighted by molar-refractivity contribution is 0.255. The van der Waals surface area contributed by atoms with Gasteiger partial charge in [-0.3, -0.25) is 0 Å². The molecule has 21 heavy (non-hydrogen) atoms. The predicted molar refractivity (Wildman–Crippen MR) is 81.4 cm³/mol. The maximum Gasteiger partial charge on any atom is 0.513 e. The van der Waals surface area contributed by atoms with E-state index in [1.807, 2.05) is 12.1 Å². The zero-order chi connectivity index (χ0) is 15.1. The molecule has 1 atom stereocenters. The summed E-state index contributed by atoms with van der Waals surface area (Å²) in [5, 5.41) is 11.8. The van der Waals surface area contributed by atoms with Crippen LogP contribution in [0.3, 0.4) is 0 Å². The zero-order valence-electron chi connectivity index (χ0n) is 11.7. The second-order valence-corrected chi connectivity index (χ2v) is 6.14. The summed E-state index contributed by atoms with van der Waals surface area (Å²) >= 11 is 0. The lowest BCUT2D eigenvalue weighted by Gasteiger charge is -2.22. The van der Waals surface area contributed by atoms with Crippen molar-refractivity contribution in [1.29, 1.82) is 0 Å². The number of para-hydroxylation sites is 2. The molecule has 0 amide bonds. The smallest absolute Gasteiger partial charge is 0.405 e. The lowest BCUT2D eigenvalue weighted by Crippen LogP contribution is -2.30. The summed E-state index contributed by atoms with van der Waals surface area (Å²) in [6, 6.07) is 17.1. The van der Waals surface area contributed by atoms with Gasteiger partial charge in [-0.25, -0.2) is 4.57 Å². The minimum atomic E-state index is -3.65. The molecule has 0 saturated heterocycles. The molecular formula is C15H18NO4P. The third-order valence-electron chi connectivity index (χ3n) is 2.59. The van der Waals surface area contributed by atoms with Gasteiger partial charge in [-0.2, -0.15) is 5.09 Å². The van der Waals surface area contributed by atoms with Crippen molar-refractivity contribution in [1.82, 2.24) is 5.09 Å². The van der Waals surface area contributed by atoms with E-state index in [0.717, 1.165) is 0 Å². The van der Waals surface area contributed by atoms with Gasteiger partial charge in [0.15, 0.2) is 0 Å². The first-order chi connectivity index (χ1) is 10.1. The van der Waals surface area contributed by atoms with E-state index in [1.165, 1.54) is 0 Å². The van der Waals surface area contributed by atoms with Crippen LogP contribution in [0.25, 0.3) is 0 Å². The third-order valence-corrected chi connectivity index (χ3v) is 4.25. The highest BCUT2D eigenvalue weighted by atomic mass is 31.2. The van der Waals surface area contributed by atoms with Crippen molar-refractivity contribution >= 4 is 7.75 Å². The van der Waals surface area contributed by atoms with E-state index in [4.69, 9.17) is 14.2 Å². The molecule has 0 saturated carbocycles. The van der Waals surface area contributed by atoms with E-state index < -0.39 is 13.8 Å². The largest absolute Gasteiger partial charge is 0.513 e.